The highest BCUT2D eigenvalue weighted by atomic mass is 16.5. The summed E-state index contributed by atoms with van der Waals surface area (Å²) in [4.78, 5) is 24.5. The van der Waals surface area contributed by atoms with Crippen molar-refractivity contribution in [2.75, 3.05) is 39.5 Å². The molecule has 0 radical (unpaired) electrons. The van der Waals surface area contributed by atoms with Crippen LogP contribution in [0.5, 0.6) is 0 Å². The number of carbonyl (C=O) groups excluding carboxylic acids is 1. The van der Waals surface area contributed by atoms with Crippen molar-refractivity contribution >= 4 is 18.6 Å². The number of aliphatic imine (C=N–C) groups is 1. The van der Waals surface area contributed by atoms with Crippen LogP contribution >= 0.6 is 0 Å². The minimum Gasteiger partial charge on any atom is -0.481 e. The summed E-state index contributed by atoms with van der Waals surface area (Å²) in [5, 5.41) is 10.9. The van der Waals surface area contributed by atoms with Crippen LogP contribution in [0.1, 0.15) is 6.42 Å². The zero-order chi connectivity index (χ0) is 12.9. The fourth-order valence-electron chi connectivity index (χ4n) is 0.902. The number of nitrogens with zero attached hydrogens (tertiary/aromatic N) is 1. The minimum absolute atomic E-state index is 0.00931. The average molecular weight is 246 g/mol. The van der Waals surface area contributed by atoms with E-state index in [0.29, 0.717) is 26.4 Å². The molecule has 0 saturated carbocycles. The second kappa shape index (κ2) is 11.0. The van der Waals surface area contributed by atoms with Crippen molar-refractivity contribution in [2.45, 2.75) is 6.42 Å². The van der Waals surface area contributed by atoms with Gasteiger partial charge in [0.05, 0.1) is 32.8 Å². The van der Waals surface area contributed by atoms with Crippen molar-refractivity contribution in [1.29, 1.82) is 0 Å². The number of ether oxygens (including phenoxy) is 2. The van der Waals surface area contributed by atoms with E-state index < -0.39 is 5.97 Å². The number of aliphatic carboxylic acids is 1. The van der Waals surface area contributed by atoms with Crippen LogP contribution in [-0.4, -0.2) is 63.2 Å². The molecule has 0 fully saturated rings. The summed E-state index contributed by atoms with van der Waals surface area (Å²) in [7, 11) is 0. The van der Waals surface area contributed by atoms with E-state index in [9.17, 15) is 9.59 Å². The average Bonchev–Trinajstić information content (AvgIpc) is 2.27. The molecule has 0 rings (SSSR count). The second-order valence-electron chi connectivity index (χ2n) is 3.10. The monoisotopic (exact) mass is 246 g/mol. The van der Waals surface area contributed by atoms with Crippen molar-refractivity contribution in [2.24, 2.45) is 4.99 Å². The maximum Gasteiger partial charge on any atom is 0.305 e. The third-order valence-electron chi connectivity index (χ3n) is 1.66. The van der Waals surface area contributed by atoms with Gasteiger partial charge in [0.25, 0.3) is 0 Å². The van der Waals surface area contributed by atoms with E-state index in [1.807, 2.05) is 0 Å². The third kappa shape index (κ3) is 12.5. The molecular formula is C10H18N2O5. The molecule has 0 spiro atoms. The van der Waals surface area contributed by atoms with E-state index in [4.69, 9.17) is 14.6 Å². The molecule has 0 saturated heterocycles. The van der Waals surface area contributed by atoms with Gasteiger partial charge in [0, 0.05) is 6.54 Å². The summed E-state index contributed by atoms with van der Waals surface area (Å²) in [5.41, 5.74) is 0. The van der Waals surface area contributed by atoms with Crippen LogP contribution in [0.3, 0.4) is 0 Å². The zero-order valence-corrected chi connectivity index (χ0v) is 9.68. The number of hydrogen-bond acceptors (Lipinski definition) is 5. The Bertz CT molecular complexity index is 245. The largest absolute Gasteiger partial charge is 0.481 e. The summed E-state index contributed by atoms with van der Waals surface area (Å²) >= 11 is 0. The van der Waals surface area contributed by atoms with Crippen LogP contribution < -0.4 is 5.32 Å². The minimum atomic E-state index is -0.885. The quantitative estimate of drug-likeness (QED) is 0.371. The van der Waals surface area contributed by atoms with Gasteiger partial charge in [0.2, 0.25) is 5.91 Å². The van der Waals surface area contributed by atoms with Crippen molar-refractivity contribution in [1.82, 2.24) is 5.32 Å². The first-order valence-corrected chi connectivity index (χ1v) is 5.23. The van der Waals surface area contributed by atoms with E-state index in [1.165, 1.54) is 0 Å². The van der Waals surface area contributed by atoms with E-state index in [1.54, 1.807) is 0 Å². The number of hydrogen-bond donors (Lipinski definition) is 2. The number of amides is 1. The number of carboxylic acids is 1. The Morgan fingerprint density at radius 3 is 2.41 bits per heavy atom. The first-order chi connectivity index (χ1) is 8.16. The molecule has 0 atom stereocenters. The molecule has 7 nitrogen and oxygen atoms in total. The molecule has 0 bridgehead atoms. The Hall–Kier alpha value is -1.47. The molecule has 0 heterocycles. The summed E-state index contributed by atoms with van der Waals surface area (Å²) in [5.74, 6) is -1.08. The maximum atomic E-state index is 10.9. The molecule has 0 aliphatic rings. The predicted molar refractivity (Wildman–Crippen MR) is 61.3 cm³/mol. The van der Waals surface area contributed by atoms with E-state index in [2.05, 4.69) is 17.0 Å². The summed E-state index contributed by atoms with van der Waals surface area (Å²) in [6, 6.07) is 0. The van der Waals surface area contributed by atoms with Crippen LogP contribution in [0.2, 0.25) is 0 Å². The van der Waals surface area contributed by atoms with Gasteiger partial charge in [-0.2, -0.15) is 0 Å². The van der Waals surface area contributed by atoms with Gasteiger partial charge in [-0.15, -0.1) is 0 Å². The number of carboxylic acid groups (broad SMARTS) is 1. The molecule has 98 valence electrons. The Morgan fingerprint density at radius 2 is 1.82 bits per heavy atom. The van der Waals surface area contributed by atoms with Crippen LogP contribution in [0.4, 0.5) is 0 Å². The van der Waals surface area contributed by atoms with Gasteiger partial charge in [-0.3, -0.25) is 14.6 Å². The molecule has 2 N–H and O–H groups in total. The van der Waals surface area contributed by atoms with E-state index >= 15 is 0 Å². The SMILES string of the molecule is C=NCC(=O)NCCOCCOCCC(=O)O. The van der Waals surface area contributed by atoms with Crippen molar-refractivity contribution in [3.8, 4) is 0 Å². The summed E-state index contributed by atoms with van der Waals surface area (Å²) < 4.78 is 10.1. The van der Waals surface area contributed by atoms with Gasteiger partial charge in [0.1, 0.15) is 6.54 Å². The Morgan fingerprint density at radius 1 is 1.18 bits per heavy atom. The Labute approximate surface area is 99.8 Å². The van der Waals surface area contributed by atoms with E-state index in [-0.39, 0.29) is 25.5 Å². The highest BCUT2D eigenvalue weighted by Gasteiger charge is 1.98. The summed E-state index contributed by atoms with van der Waals surface area (Å²) in [6.07, 6.45) is -0.00931. The predicted octanol–water partition coefficient (Wildman–Crippen LogP) is -0.689. The topological polar surface area (TPSA) is 97.2 Å². The molecule has 1 amide bonds. The van der Waals surface area contributed by atoms with Gasteiger partial charge in [-0.1, -0.05) is 0 Å². The first kappa shape index (κ1) is 15.5. The Kier molecular flexibility index (Phi) is 10.1. The van der Waals surface area contributed by atoms with Gasteiger partial charge in [0.15, 0.2) is 0 Å². The fraction of sp³-hybridized carbons (Fsp3) is 0.700. The van der Waals surface area contributed by atoms with Crippen molar-refractivity contribution in [3.63, 3.8) is 0 Å². The van der Waals surface area contributed by atoms with Crippen LogP contribution in [0.25, 0.3) is 0 Å². The van der Waals surface area contributed by atoms with Gasteiger partial charge in [-0.05, 0) is 6.72 Å². The number of carbonyl (C=O) groups is 2. The third-order valence-corrected chi connectivity index (χ3v) is 1.66. The van der Waals surface area contributed by atoms with Crippen LogP contribution in [-0.2, 0) is 19.1 Å². The lowest BCUT2D eigenvalue weighted by Crippen LogP contribution is -2.29. The molecule has 7 heteroatoms. The van der Waals surface area contributed by atoms with Crippen molar-refractivity contribution in [3.05, 3.63) is 0 Å². The van der Waals surface area contributed by atoms with E-state index in [0.717, 1.165) is 0 Å². The van der Waals surface area contributed by atoms with Gasteiger partial charge < -0.3 is 19.9 Å². The first-order valence-electron chi connectivity index (χ1n) is 5.23. The molecule has 17 heavy (non-hydrogen) atoms. The highest BCUT2D eigenvalue weighted by Crippen LogP contribution is 1.83. The molecule has 0 aliphatic carbocycles. The highest BCUT2D eigenvalue weighted by molar-refractivity contribution is 5.78. The molecule has 0 aliphatic heterocycles. The molecule has 0 aromatic heterocycles. The zero-order valence-electron chi connectivity index (χ0n) is 9.68. The normalized spacial score (nSPS) is 9.88. The van der Waals surface area contributed by atoms with Gasteiger partial charge >= 0.3 is 5.97 Å². The maximum absolute atomic E-state index is 10.9. The smallest absolute Gasteiger partial charge is 0.305 e. The second-order valence-corrected chi connectivity index (χ2v) is 3.10. The summed E-state index contributed by atoms with van der Waals surface area (Å²) in [6.45, 7) is 4.93. The molecule has 0 unspecified atom stereocenters. The number of nitrogens with one attached hydrogen (secondary N) is 1. The van der Waals surface area contributed by atoms with Crippen LogP contribution in [0, 0.1) is 0 Å². The molecular weight excluding hydrogens is 228 g/mol. The van der Waals surface area contributed by atoms with Crippen LogP contribution in [0.15, 0.2) is 4.99 Å². The fourth-order valence-corrected chi connectivity index (χ4v) is 0.902. The lowest BCUT2D eigenvalue weighted by molar-refractivity contribution is -0.138. The Balaban J connectivity index is 3.10. The standard InChI is InChI=1S/C10H18N2O5/c1-11-8-9(13)12-3-5-17-7-6-16-4-2-10(14)15/h1-8H2,(H,12,13)(H,14,15). The lowest BCUT2D eigenvalue weighted by Gasteiger charge is -2.05. The van der Waals surface area contributed by atoms with Gasteiger partial charge in [-0.25, -0.2) is 0 Å². The van der Waals surface area contributed by atoms with Crippen molar-refractivity contribution < 1.29 is 24.2 Å². The molecule has 0 aromatic rings. The molecule has 0 aromatic carbocycles. The lowest BCUT2D eigenvalue weighted by atomic mass is 10.5. The number of rotatable bonds is 11.